The van der Waals surface area contributed by atoms with Crippen LogP contribution in [0.3, 0.4) is 0 Å². The summed E-state index contributed by atoms with van der Waals surface area (Å²) in [7, 11) is -4.16. The molecule has 1 atom stereocenters. The Balaban J connectivity index is 0.00000324. The molecule has 3 aromatic heterocycles. The van der Waals surface area contributed by atoms with Crippen LogP contribution in [-0.2, 0) is 25.9 Å². The number of aromatic nitrogens is 2. The van der Waals surface area contributed by atoms with Crippen molar-refractivity contribution in [2.24, 2.45) is 5.73 Å². The Bertz CT molecular complexity index is 1430. The number of hydrogen-bond donors (Lipinski definition) is 3. The number of carboxylic acid groups (broad SMARTS) is 1. The predicted molar refractivity (Wildman–Crippen MR) is 135 cm³/mol. The molecule has 0 aliphatic heterocycles. The first-order valence-corrected chi connectivity index (χ1v) is 12.4. The SMILES string of the molecule is Cl.NC(Cc1cc2ccc(Cl)cc2s1)(c1cccc(NCC(=O)O)n1)S(=O)(=O)c1cccnc1. The molecule has 4 aromatic rings. The highest BCUT2D eigenvalue weighted by Gasteiger charge is 2.45. The number of fused-ring (bicyclic) bond motifs is 1. The molecular weight excluding hydrogens is 519 g/mol. The third-order valence-electron chi connectivity index (χ3n) is 5.00. The number of pyridine rings is 2. The highest BCUT2D eigenvalue weighted by atomic mass is 35.5. The lowest BCUT2D eigenvalue weighted by molar-refractivity contribution is -0.134. The van der Waals surface area contributed by atoms with E-state index in [-0.39, 0.29) is 41.8 Å². The molecule has 4 N–H and O–H groups in total. The lowest BCUT2D eigenvalue weighted by Crippen LogP contribution is -2.47. The summed E-state index contributed by atoms with van der Waals surface area (Å²) in [6.07, 6.45) is 2.66. The number of anilines is 1. The third-order valence-corrected chi connectivity index (χ3v) is 8.51. The zero-order valence-corrected chi connectivity index (χ0v) is 20.7. The number of carboxylic acids is 1. The molecule has 8 nitrogen and oxygen atoms in total. The molecule has 1 aromatic carbocycles. The Hall–Kier alpha value is -2.76. The summed E-state index contributed by atoms with van der Waals surface area (Å²) in [4.78, 5) is 18.0. The monoisotopic (exact) mass is 538 g/mol. The van der Waals surface area contributed by atoms with Gasteiger partial charge in [0.1, 0.15) is 12.4 Å². The lowest BCUT2D eigenvalue weighted by atomic mass is 10.1. The first kappa shape index (κ1) is 25.9. The Morgan fingerprint density at radius 3 is 2.68 bits per heavy atom. The molecule has 12 heteroatoms. The summed E-state index contributed by atoms with van der Waals surface area (Å²) < 4.78 is 28.4. The molecule has 1 unspecified atom stereocenters. The molecular formula is C22H20Cl2N4O4S2. The minimum Gasteiger partial charge on any atom is -0.480 e. The van der Waals surface area contributed by atoms with Gasteiger partial charge >= 0.3 is 5.97 Å². The quantitative estimate of drug-likeness (QED) is 0.305. The van der Waals surface area contributed by atoms with Gasteiger partial charge in [0.05, 0.1) is 10.6 Å². The molecule has 0 saturated carbocycles. The number of carbonyl (C=O) groups is 1. The van der Waals surface area contributed by atoms with Crippen molar-refractivity contribution in [3.8, 4) is 0 Å². The fraction of sp³-hybridized carbons (Fsp3) is 0.136. The van der Waals surface area contributed by atoms with Gasteiger partial charge in [-0.25, -0.2) is 13.4 Å². The van der Waals surface area contributed by atoms with Gasteiger partial charge in [-0.15, -0.1) is 23.7 Å². The molecule has 178 valence electrons. The number of nitrogens with one attached hydrogen (secondary N) is 1. The Kier molecular flexibility index (Phi) is 7.79. The van der Waals surface area contributed by atoms with E-state index in [0.717, 1.165) is 15.0 Å². The van der Waals surface area contributed by atoms with Crippen molar-refractivity contribution in [3.63, 3.8) is 0 Å². The van der Waals surface area contributed by atoms with E-state index in [9.17, 15) is 13.2 Å². The summed E-state index contributed by atoms with van der Waals surface area (Å²) in [6, 6.07) is 14.9. The fourth-order valence-corrected chi connectivity index (χ4v) is 6.52. The number of halogens is 2. The van der Waals surface area contributed by atoms with Crippen LogP contribution in [0.1, 0.15) is 10.6 Å². The van der Waals surface area contributed by atoms with Gasteiger partial charge in [0.2, 0.25) is 9.84 Å². The molecule has 0 radical (unpaired) electrons. The second kappa shape index (κ2) is 10.2. The van der Waals surface area contributed by atoms with Gasteiger partial charge < -0.3 is 16.2 Å². The van der Waals surface area contributed by atoms with Crippen molar-refractivity contribution in [3.05, 3.63) is 82.6 Å². The van der Waals surface area contributed by atoms with Crippen LogP contribution in [-0.4, -0.2) is 36.0 Å². The van der Waals surface area contributed by atoms with Crippen LogP contribution in [0.4, 0.5) is 5.82 Å². The number of nitrogens with two attached hydrogens (primary N) is 1. The predicted octanol–water partition coefficient (Wildman–Crippen LogP) is 4.09. The number of benzene rings is 1. The average molecular weight is 539 g/mol. The number of thiophene rings is 1. The smallest absolute Gasteiger partial charge is 0.322 e. The molecule has 0 fully saturated rings. The van der Waals surface area contributed by atoms with Crippen LogP contribution in [0.25, 0.3) is 10.1 Å². The molecule has 0 aliphatic carbocycles. The van der Waals surface area contributed by atoms with E-state index in [2.05, 4.69) is 15.3 Å². The number of nitrogens with zero attached hydrogens (tertiary/aromatic N) is 2. The van der Waals surface area contributed by atoms with Crippen LogP contribution >= 0.6 is 35.3 Å². The van der Waals surface area contributed by atoms with Crippen molar-refractivity contribution in [2.75, 3.05) is 11.9 Å². The Labute approximate surface area is 211 Å². The van der Waals surface area contributed by atoms with E-state index in [1.165, 1.54) is 41.9 Å². The van der Waals surface area contributed by atoms with Gasteiger partial charge in [0.15, 0.2) is 4.87 Å². The van der Waals surface area contributed by atoms with E-state index >= 15 is 0 Å². The zero-order chi connectivity index (χ0) is 23.6. The van der Waals surface area contributed by atoms with Crippen LogP contribution in [0.15, 0.2) is 71.9 Å². The molecule has 0 spiro atoms. The second-order valence-corrected chi connectivity index (χ2v) is 11.1. The first-order chi connectivity index (χ1) is 15.7. The van der Waals surface area contributed by atoms with Gasteiger partial charge in [-0.2, -0.15) is 0 Å². The van der Waals surface area contributed by atoms with Gasteiger partial charge in [-0.1, -0.05) is 23.7 Å². The van der Waals surface area contributed by atoms with Crippen molar-refractivity contribution < 1.29 is 18.3 Å². The van der Waals surface area contributed by atoms with Gasteiger partial charge in [-0.05, 0) is 47.9 Å². The lowest BCUT2D eigenvalue weighted by Gasteiger charge is -2.28. The van der Waals surface area contributed by atoms with Crippen LogP contribution in [0, 0.1) is 0 Å². The van der Waals surface area contributed by atoms with E-state index in [1.54, 1.807) is 18.2 Å². The summed E-state index contributed by atoms with van der Waals surface area (Å²) in [5.74, 6) is -0.873. The van der Waals surface area contributed by atoms with Gasteiger partial charge in [-0.3, -0.25) is 9.78 Å². The van der Waals surface area contributed by atoms with Crippen molar-refractivity contribution in [2.45, 2.75) is 16.2 Å². The Morgan fingerprint density at radius 2 is 1.97 bits per heavy atom. The van der Waals surface area contributed by atoms with E-state index in [0.29, 0.717) is 5.02 Å². The van der Waals surface area contributed by atoms with Crippen molar-refractivity contribution in [1.82, 2.24) is 9.97 Å². The van der Waals surface area contributed by atoms with Crippen molar-refractivity contribution >= 4 is 67.1 Å². The highest BCUT2D eigenvalue weighted by molar-refractivity contribution is 7.92. The Morgan fingerprint density at radius 1 is 1.18 bits per heavy atom. The normalized spacial score (nSPS) is 13.1. The minimum atomic E-state index is -4.16. The highest BCUT2D eigenvalue weighted by Crippen LogP contribution is 2.37. The van der Waals surface area contributed by atoms with Crippen LogP contribution in [0.5, 0.6) is 0 Å². The second-order valence-electron chi connectivity index (χ2n) is 7.31. The van der Waals surface area contributed by atoms with Crippen LogP contribution in [0.2, 0.25) is 5.02 Å². The summed E-state index contributed by atoms with van der Waals surface area (Å²) in [6.45, 7) is -0.375. The topological polar surface area (TPSA) is 135 Å². The van der Waals surface area contributed by atoms with Crippen LogP contribution < -0.4 is 11.1 Å². The number of sulfone groups is 1. The summed E-state index contributed by atoms with van der Waals surface area (Å²) in [5, 5.41) is 13.1. The van der Waals surface area contributed by atoms with E-state index < -0.39 is 20.7 Å². The minimum absolute atomic E-state index is 0. The molecule has 0 bridgehead atoms. The van der Waals surface area contributed by atoms with E-state index in [1.807, 2.05) is 18.2 Å². The number of aliphatic carboxylic acids is 1. The maximum Gasteiger partial charge on any atom is 0.322 e. The molecule has 34 heavy (non-hydrogen) atoms. The maximum atomic E-state index is 13.8. The number of rotatable bonds is 8. The molecule has 0 saturated heterocycles. The fourth-order valence-electron chi connectivity index (χ4n) is 3.38. The standard InChI is InChI=1S/C22H19ClN4O4S2.ClH/c23-15-7-6-14-9-16(32-18(14)10-15)11-22(24,33(30,31)17-3-2-8-25-12-17)19-4-1-5-20(27-19)26-13-21(28)29;/h1-10,12H,11,13,24H2,(H,26,27)(H,28,29);1H. The first-order valence-electron chi connectivity index (χ1n) is 9.74. The molecule has 0 amide bonds. The maximum absolute atomic E-state index is 13.8. The number of hydrogen-bond acceptors (Lipinski definition) is 8. The average Bonchev–Trinajstić information content (AvgIpc) is 3.19. The summed E-state index contributed by atoms with van der Waals surface area (Å²) in [5.41, 5.74) is 6.78. The van der Waals surface area contributed by atoms with Crippen molar-refractivity contribution in [1.29, 1.82) is 0 Å². The van der Waals surface area contributed by atoms with Gasteiger partial charge in [0.25, 0.3) is 0 Å². The summed E-state index contributed by atoms with van der Waals surface area (Å²) >= 11 is 7.50. The molecule has 4 rings (SSSR count). The largest absolute Gasteiger partial charge is 0.480 e. The molecule has 0 aliphatic rings. The van der Waals surface area contributed by atoms with E-state index in [4.69, 9.17) is 22.4 Å². The third kappa shape index (κ3) is 5.16. The molecule has 3 heterocycles. The zero-order valence-electron chi connectivity index (χ0n) is 17.5. The van der Waals surface area contributed by atoms with Gasteiger partial charge in [0, 0.05) is 33.4 Å².